The molecule has 1 aliphatic heterocycles. The van der Waals surface area contributed by atoms with Gasteiger partial charge in [-0.1, -0.05) is 56.1 Å². The third-order valence-corrected chi connectivity index (χ3v) is 8.83. The fraction of sp³-hybridized carbons (Fsp3) is 0.500. The van der Waals surface area contributed by atoms with Crippen LogP contribution in [0.1, 0.15) is 57.1 Å². The van der Waals surface area contributed by atoms with Crippen molar-refractivity contribution in [3.8, 4) is 0 Å². The Morgan fingerprint density at radius 2 is 1.57 bits per heavy atom. The third kappa shape index (κ3) is 8.64. The summed E-state index contributed by atoms with van der Waals surface area (Å²) < 4.78 is 28.4. The minimum Gasteiger partial charge on any atom is -0.368 e. The molecule has 7 nitrogen and oxygen atoms in total. The summed E-state index contributed by atoms with van der Waals surface area (Å²) in [6.45, 7) is 6.76. The summed E-state index contributed by atoms with van der Waals surface area (Å²) >= 11 is 5.95. The summed E-state index contributed by atoms with van der Waals surface area (Å²) in [6, 6.07) is 12.2. The molecule has 37 heavy (non-hydrogen) atoms. The van der Waals surface area contributed by atoms with Crippen molar-refractivity contribution in [1.29, 1.82) is 0 Å². The van der Waals surface area contributed by atoms with E-state index in [0.29, 0.717) is 29.8 Å². The second-order valence-electron chi connectivity index (χ2n) is 10.2. The number of Topliss-reactive ketones (excluding diaryl/α,β-unsaturated/α-hetero) is 1. The van der Waals surface area contributed by atoms with E-state index >= 15 is 0 Å². The molecular formula is C28H38ClN3O4S. The van der Waals surface area contributed by atoms with Crippen molar-refractivity contribution in [1.82, 2.24) is 9.21 Å². The molecular weight excluding hydrogens is 510 g/mol. The summed E-state index contributed by atoms with van der Waals surface area (Å²) in [5.41, 5.74) is 7.28. The van der Waals surface area contributed by atoms with Crippen molar-refractivity contribution >= 4 is 33.3 Å². The molecule has 9 heteroatoms. The molecule has 1 heterocycles. The molecule has 202 valence electrons. The first-order chi connectivity index (χ1) is 17.6. The van der Waals surface area contributed by atoms with Gasteiger partial charge in [-0.2, -0.15) is 4.31 Å². The Bertz CT molecular complexity index is 1140. The van der Waals surface area contributed by atoms with Gasteiger partial charge in [-0.25, -0.2) is 8.42 Å². The van der Waals surface area contributed by atoms with Crippen molar-refractivity contribution < 1.29 is 18.0 Å². The second-order valence-corrected chi connectivity index (χ2v) is 12.6. The second kappa shape index (κ2) is 13.5. The number of carbonyl (C=O) groups is 2. The lowest BCUT2D eigenvalue weighted by Crippen LogP contribution is -2.48. The number of hydrogen-bond donors (Lipinski definition) is 1. The van der Waals surface area contributed by atoms with Gasteiger partial charge in [0.05, 0.1) is 4.90 Å². The lowest BCUT2D eigenvalue weighted by molar-refractivity contribution is -0.122. The van der Waals surface area contributed by atoms with E-state index in [1.807, 2.05) is 38.1 Å². The molecule has 2 aromatic rings. The standard InChI is InChI=1S/C28H38ClN3O4S/c1-21(2)18-27(28(30)34)32(37(35,36)26-12-10-24(29)11-13-26)20-23-8-6-22(7-9-23)19-25(33)14-17-31-15-4-3-5-16-31/h6-13,21,27H,3-5,14-20H2,1-2H3,(H2,30,34). The molecule has 0 aromatic heterocycles. The zero-order chi connectivity index (χ0) is 27.0. The Morgan fingerprint density at radius 3 is 2.14 bits per heavy atom. The van der Waals surface area contributed by atoms with Gasteiger partial charge in [-0.3, -0.25) is 9.59 Å². The average Bonchev–Trinajstić information content (AvgIpc) is 2.86. The van der Waals surface area contributed by atoms with Crippen LogP contribution in [0.15, 0.2) is 53.4 Å². The van der Waals surface area contributed by atoms with E-state index in [0.717, 1.165) is 25.2 Å². The number of ketones is 1. The Kier molecular flexibility index (Phi) is 10.7. The van der Waals surface area contributed by atoms with Crippen LogP contribution >= 0.6 is 11.6 Å². The molecule has 0 bridgehead atoms. The van der Waals surface area contributed by atoms with Gasteiger partial charge < -0.3 is 10.6 Å². The van der Waals surface area contributed by atoms with Crippen LogP contribution < -0.4 is 5.73 Å². The maximum Gasteiger partial charge on any atom is 0.244 e. The number of sulfonamides is 1. The Hall–Kier alpha value is -2.26. The van der Waals surface area contributed by atoms with E-state index in [2.05, 4.69) is 4.90 Å². The molecule has 1 aliphatic rings. The molecule has 1 amide bonds. The smallest absolute Gasteiger partial charge is 0.244 e. The normalized spacial score (nSPS) is 15.7. The average molecular weight is 548 g/mol. The van der Waals surface area contributed by atoms with Gasteiger partial charge in [0.2, 0.25) is 15.9 Å². The van der Waals surface area contributed by atoms with E-state index in [1.54, 1.807) is 0 Å². The number of benzene rings is 2. The molecule has 1 unspecified atom stereocenters. The Morgan fingerprint density at radius 1 is 0.973 bits per heavy atom. The van der Waals surface area contributed by atoms with Gasteiger partial charge in [0, 0.05) is 31.0 Å². The number of primary amides is 1. The number of halogens is 1. The maximum absolute atomic E-state index is 13.6. The first-order valence-electron chi connectivity index (χ1n) is 12.9. The highest BCUT2D eigenvalue weighted by Crippen LogP contribution is 2.26. The van der Waals surface area contributed by atoms with Crippen LogP contribution in [0.25, 0.3) is 0 Å². The molecule has 2 aromatic carbocycles. The lowest BCUT2D eigenvalue weighted by Gasteiger charge is -2.30. The minimum absolute atomic E-state index is 0.0194. The van der Waals surface area contributed by atoms with E-state index in [4.69, 9.17) is 17.3 Å². The fourth-order valence-corrected chi connectivity index (χ4v) is 6.37. The number of rotatable bonds is 13. The molecule has 0 aliphatic carbocycles. The Labute approximate surface area is 226 Å². The van der Waals surface area contributed by atoms with Gasteiger partial charge in [-0.15, -0.1) is 0 Å². The predicted octanol–water partition coefficient (Wildman–Crippen LogP) is 4.42. The zero-order valence-corrected chi connectivity index (χ0v) is 23.3. The fourth-order valence-electron chi connectivity index (χ4n) is 4.65. The number of nitrogens with zero attached hydrogens (tertiary/aromatic N) is 2. The lowest BCUT2D eigenvalue weighted by atomic mass is 10.0. The highest BCUT2D eigenvalue weighted by atomic mass is 35.5. The topological polar surface area (TPSA) is 101 Å². The van der Waals surface area contributed by atoms with Crippen LogP contribution in [0.5, 0.6) is 0 Å². The Balaban J connectivity index is 1.74. The van der Waals surface area contributed by atoms with Gasteiger partial charge in [0.25, 0.3) is 0 Å². The summed E-state index contributed by atoms with van der Waals surface area (Å²) in [4.78, 5) is 27.3. The van der Waals surface area contributed by atoms with Crippen LogP contribution in [0.3, 0.4) is 0 Å². The van der Waals surface area contributed by atoms with Crippen molar-refractivity contribution in [3.63, 3.8) is 0 Å². The van der Waals surface area contributed by atoms with Crippen molar-refractivity contribution in [2.24, 2.45) is 11.7 Å². The summed E-state index contributed by atoms with van der Waals surface area (Å²) in [7, 11) is -4.04. The molecule has 1 saturated heterocycles. The number of hydrogen-bond acceptors (Lipinski definition) is 5. The van der Waals surface area contributed by atoms with Crippen LogP contribution in [0.4, 0.5) is 0 Å². The highest BCUT2D eigenvalue weighted by Gasteiger charge is 2.35. The minimum atomic E-state index is -4.04. The highest BCUT2D eigenvalue weighted by molar-refractivity contribution is 7.89. The molecule has 1 atom stereocenters. The SMILES string of the molecule is CC(C)CC(C(N)=O)N(Cc1ccc(CC(=O)CCN2CCCCC2)cc1)S(=O)(=O)c1ccc(Cl)cc1. The monoisotopic (exact) mass is 547 g/mol. The number of piperidine rings is 1. The van der Waals surface area contributed by atoms with Gasteiger partial charge in [0.1, 0.15) is 11.8 Å². The number of carbonyl (C=O) groups excluding carboxylic acids is 2. The molecule has 0 saturated carbocycles. The summed E-state index contributed by atoms with van der Waals surface area (Å²) in [5, 5.41) is 0.417. The molecule has 0 radical (unpaired) electrons. The third-order valence-electron chi connectivity index (χ3n) is 6.71. The molecule has 3 rings (SSSR count). The number of amides is 1. The van der Waals surface area contributed by atoms with E-state index in [1.165, 1.54) is 47.8 Å². The van der Waals surface area contributed by atoms with Gasteiger partial charge >= 0.3 is 0 Å². The quantitative estimate of drug-likeness (QED) is 0.400. The summed E-state index contributed by atoms with van der Waals surface area (Å²) in [5.74, 6) is -0.447. The molecule has 1 fully saturated rings. The van der Waals surface area contributed by atoms with Crippen LogP contribution in [-0.4, -0.2) is 55.0 Å². The first-order valence-corrected chi connectivity index (χ1v) is 14.8. The van der Waals surface area contributed by atoms with Gasteiger partial charge in [-0.05, 0) is 73.7 Å². The molecule has 0 spiro atoms. The number of nitrogens with two attached hydrogens (primary N) is 1. The largest absolute Gasteiger partial charge is 0.368 e. The number of likely N-dealkylation sites (tertiary alicyclic amines) is 1. The van der Waals surface area contributed by atoms with E-state index in [9.17, 15) is 18.0 Å². The van der Waals surface area contributed by atoms with E-state index in [-0.39, 0.29) is 23.1 Å². The van der Waals surface area contributed by atoms with Gasteiger partial charge in [0.15, 0.2) is 0 Å². The van der Waals surface area contributed by atoms with Crippen LogP contribution in [0, 0.1) is 5.92 Å². The van der Waals surface area contributed by atoms with Crippen molar-refractivity contribution in [3.05, 3.63) is 64.7 Å². The zero-order valence-electron chi connectivity index (χ0n) is 21.7. The first kappa shape index (κ1) is 29.3. The molecule has 2 N–H and O–H groups in total. The van der Waals surface area contributed by atoms with E-state index < -0.39 is 22.0 Å². The predicted molar refractivity (Wildman–Crippen MR) is 147 cm³/mol. The van der Waals surface area contributed by atoms with Crippen LogP contribution in [0.2, 0.25) is 5.02 Å². The summed E-state index contributed by atoms with van der Waals surface area (Å²) in [6.07, 6.45) is 4.85. The maximum atomic E-state index is 13.6. The van der Waals surface area contributed by atoms with Crippen molar-refractivity contribution in [2.75, 3.05) is 19.6 Å². The van der Waals surface area contributed by atoms with Crippen LogP contribution in [-0.2, 0) is 32.6 Å². The van der Waals surface area contributed by atoms with Crippen molar-refractivity contribution in [2.45, 2.75) is 69.9 Å².